The summed E-state index contributed by atoms with van der Waals surface area (Å²) in [5.41, 5.74) is 5.64. The van der Waals surface area contributed by atoms with E-state index in [1.165, 1.54) is 11.3 Å². The maximum absolute atomic E-state index is 12.5. The molecule has 0 amide bonds. The fourth-order valence-electron chi connectivity index (χ4n) is 2.35. The fourth-order valence-corrected chi connectivity index (χ4v) is 5.58. The zero-order valence-corrected chi connectivity index (χ0v) is 11.8. The van der Waals surface area contributed by atoms with Gasteiger partial charge in [-0.05, 0) is 32.8 Å². The van der Waals surface area contributed by atoms with Crippen LogP contribution in [0.1, 0.15) is 22.6 Å². The highest BCUT2D eigenvalue weighted by Gasteiger charge is 2.35. The molecule has 0 unspecified atom stereocenters. The molecule has 1 aromatic heterocycles. The van der Waals surface area contributed by atoms with E-state index in [0.717, 1.165) is 22.6 Å². The van der Waals surface area contributed by atoms with Crippen molar-refractivity contribution in [2.45, 2.75) is 37.6 Å². The van der Waals surface area contributed by atoms with Gasteiger partial charge in [-0.15, -0.1) is 11.3 Å². The third kappa shape index (κ3) is 2.27. The lowest BCUT2D eigenvalue weighted by molar-refractivity contribution is 0.393. The lowest BCUT2D eigenvalue weighted by atomic mass is 10.2. The molecule has 0 bridgehead atoms. The number of sulfonamides is 1. The number of rotatable bonds is 3. The molecule has 1 aromatic rings. The summed E-state index contributed by atoms with van der Waals surface area (Å²) >= 11 is 1.53. The number of nitrogens with two attached hydrogens (primary N) is 1. The molecular weight excluding hydrogens is 256 g/mol. The van der Waals surface area contributed by atoms with Gasteiger partial charge in [0.15, 0.2) is 0 Å². The molecule has 1 fully saturated rings. The van der Waals surface area contributed by atoms with Gasteiger partial charge < -0.3 is 5.73 Å². The fraction of sp³-hybridized carbons (Fsp3) is 0.636. The Balaban J connectivity index is 2.39. The molecule has 2 rings (SSSR count). The van der Waals surface area contributed by atoms with Gasteiger partial charge in [-0.1, -0.05) is 0 Å². The third-order valence-corrected chi connectivity index (χ3v) is 6.35. The van der Waals surface area contributed by atoms with Crippen LogP contribution in [-0.4, -0.2) is 31.9 Å². The smallest absolute Gasteiger partial charge is 0.244 e. The van der Waals surface area contributed by atoms with Crippen molar-refractivity contribution in [1.29, 1.82) is 0 Å². The molecule has 2 N–H and O–H groups in total. The van der Waals surface area contributed by atoms with Gasteiger partial charge in [-0.2, -0.15) is 4.31 Å². The summed E-state index contributed by atoms with van der Waals surface area (Å²) in [5.74, 6) is 0. The van der Waals surface area contributed by atoms with Crippen molar-refractivity contribution in [1.82, 2.24) is 4.31 Å². The van der Waals surface area contributed by atoms with E-state index in [9.17, 15) is 8.42 Å². The highest BCUT2D eigenvalue weighted by Crippen LogP contribution is 2.31. The zero-order chi connectivity index (χ0) is 12.6. The van der Waals surface area contributed by atoms with Crippen LogP contribution >= 0.6 is 11.3 Å². The predicted octanol–water partition coefficient (Wildman–Crippen LogP) is 1.48. The Labute approximate surface area is 106 Å². The molecule has 0 radical (unpaired) electrons. The summed E-state index contributed by atoms with van der Waals surface area (Å²) in [6, 6.07) is 1.74. The molecule has 2 heterocycles. The average Bonchev–Trinajstić information content (AvgIpc) is 2.84. The first kappa shape index (κ1) is 13.0. The second kappa shape index (κ2) is 4.68. The highest BCUT2D eigenvalue weighted by molar-refractivity contribution is 7.89. The Bertz CT molecular complexity index is 508. The quantitative estimate of drug-likeness (QED) is 0.908. The molecule has 1 atom stereocenters. The SMILES string of the molecule is Cc1cc(S(=O)(=O)N2CCC[C@H]2CN)c(C)s1. The molecule has 0 aliphatic carbocycles. The van der Waals surface area contributed by atoms with Gasteiger partial charge in [0.05, 0.1) is 4.90 Å². The van der Waals surface area contributed by atoms with Crippen LogP contribution in [-0.2, 0) is 10.0 Å². The molecule has 17 heavy (non-hydrogen) atoms. The Morgan fingerprint density at radius 2 is 2.24 bits per heavy atom. The molecule has 1 aliphatic heterocycles. The van der Waals surface area contributed by atoms with E-state index in [2.05, 4.69) is 0 Å². The first-order chi connectivity index (χ1) is 7.96. The molecular formula is C11H18N2O2S2. The molecule has 96 valence electrons. The van der Waals surface area contributed by atoms with E-state index in [4.69, 9.17) is 5.73 Å². The minimum absolute atomic E-state index is 0.0281. The summed E-state index contributed by atoms with van der Waals surface area (Å²) in [7, 11) is -3.35. The number of hydrogen-bond acceptors (Lipinski definition) is 4. The van der Waals surface area contributed by atoms with E-state index in [1.807, 2.05) is 13.8 Å². The Hall–Kier alpha value is -0.430. The van der Waals surface area contributed by atoms with Gasteiger partial charge in [0.2, 0.25) is 10.0 Å². The van der Waals surface area contributed by atoms with Crippen molar-refractivity contribution in [3.8, 4) is 0 Å². The van der Waals surface area contributed by atoms with Gasteiger partial charge in [-0.3, -0.25) is 0 Å². The Morgan fingerprint density at radius 3 is 2.76 bits per heavy atom. The summed E-state index contributed by atoms with van der Waals surface area (Å²) in [5, 5.41) is 0. The van der Waals surface area contributed by atoms with Gasteiger partial charge in [0, 0.05) is 28.9 Å². The van der Waals surface area contributed by atoms with Crippen LogP contribution < -0.4 is 5.73 Å². The minimum Gasteiger partial charge on any atom is -0.329 e. The van der Waals surface area contributed by atoms with Gasteiger partial charge in [-0.25, -0.2) is 8.42 Å². The van der Waals surface area contributed by atoms with Crippen LogP contribution in [0.4, 0.5) is 0 Å². The maximum atomic E-state index is 12.5. The minimum atomic E-state index is -3.35. The molecule has 6 heteroatoms. The maximum Gasteiger partial charge on any atom is 0.244 e. The molecule has 4 nitrogen and oxygen atoms in total. The largest absolute Gasteiger partial charge is 0.329 e. The van der Waals surface area contributed by atoms with Gasteiger partial charge in [0.1, 0.15) is 0 Å². The first-order valence-corrected chi connectivity index (χ1v) is 8.01. The lowest BCUT2D eigenvalue weighted by Gasteiger charge is -2.22. The van der Waals surface area contributed by atoms with E-state index in [0.29, 0.717) is 18.0 Å². The van der Waals surface area contributed by atoms with Crippen molar-refractivity contribution in [2.75, 3.05) is 13.1 Å². The number of hydrogen-bond donors (Lipinski definition) is 1. The highest BCUT2D eigenvalue weighted by atomic mass is 32.2. The second-order valence-electron chi connectivity index (χ2n) is 4.42. The Morgan fingerprint density at radius 1 is 1.53 bits per heavy atom. The van der Waals surface area contributed by atoms with Crippen LogP contribution in [0, 0.1) is 13.8 Å². The van der Waals surface area contributed by atoms with Crippen LogP contribution in [0.15, 0.2) is 11.0 Å². The van der Waals surface area contributed by atoms with Crippen molar-refractivity contribution in [3.05, 3.63) is 15.8 Å². The van der Waals surface area contributed by atoms with Crippen molar-refractivity contribution < 1.29 is 8.42 Å². The number of nitrogens with zero attached hydrogens (tertiary/aromatic N) is 1. The van der Waals surface area contributed by atoms with Crippen LogP contribution in [0.2, 0.25) is 0 Å². The van der Waals surface area contributed by atoms with E-state index < -0.39 is 10.0 Å². The molecule has 0 saturated carbocycles. The normalized spacial score (nSPS) is 22.2. The van der Waals surface area contributed by atoms with Crippen LogP contribution in [0.5, 0.6) is 0 Å². The molecule has 1 aliphatic rings. The number of thiophene rings is 1. The standard InChI is InChI=1S/C11H18N2O2S2/c1-8-6-11(9(2)16-8)17(14,15)13-5-3-4-10(13)7-12/h6,10H,3-5,7,12H2,1-2H3/t10-/m0/s1. The second-order valence-corrected chi connectivity index (χ2v) is 7.74. The van der Waals surface area contributed by atoms with Gasteiger partial charge in [0.25, 0.3) is 0 Å². The summed E-state index contributed by atoms with van der Waals surface area (Å²) in [6.07, 6.45) is 1.78. The van der Waals surface area contributed by atoms with E-state index >= 15 is 0 Å². The molecule has 1 saturated heterocycles. The van der Waals surface area contributed by atoms with Crippen LogP contribution in [0.3, 0.4) is 0 Å². The topological polar surface area (TPSA) is 63.4 Å². The number of aryl methyl sites for hydroxylation is 2. The van der Waals surface area contributed by atoms with Crippen molar-refractivity contribution in [3.63, 3.8) is 0 Å². The van der Waals surface area contributed by atoms with E-state index in [1.54, 1.807) is 10.4 Å². The summed E-state index contributed by atoms with van der Waals surface area (Å²) in [6.45, 7) is 4.79. The summed E-state index contributed by atoms with van der Waals surface area (Å²) < 4.78 is 26.6. The molecule has 0 spiro atoms. The monoisotopic (exact) mass is 274 g/mol. The third-order valence-electron chi connectivity index (χ3n) is 3.18. The van der Waals surface area contributed by atoms with Gasteiger partial charge >= 0.3 is 0 Å². The lowest BCUT2D eigenvalue weighted by Crippen LogP contribution is -2.39. The average molecular weight is 274 g/mol. The van der Waals surface area contributed by atoms with E-state index in [-0.39, 0.29) is 6.04 Å². The predicted molar refractivity (Wildman–Crippen MR) is 69.8 cm³/mol. The first-order valence-electron chi connectivity index (χ1n) is 5.75. The zero-order valence-electron chi connectivity index (χ0n) is 10.1. The Kier molecular flexibility index (Phi) is 3.58. The summed E-state index contributed by atoms with van der Waals surface area (Å²) in [4.78, 5) is 2.36. The molecule has 0 aromatic carbocycles. The van der Waals surface area contributed by atoms with Crippen LogP contribution in [0.25, 0.3) is 0 Å². The van der Waals surface area contributed by atoms with Crippen molar-refractivity contribution in [2.24, 2.45) is 5.73 Å². The van der Waals surface area contributed by atoms with Crippen molar-refractivity contribution >= 4 is 21.4 Å².